The number of nitrogens with zero attached hydrogens (tertiary/aromatic N) is 2. The van der Waals surface area contributed by atoms with Gasteiger partial charge in [0.25, 0.3) is 0 Å². The smallest absolute Gasteiger partial charge is 0.337 e. The molecule has 2 bridgehead atoms. The van der Waals surface area contributed by atoms with E-state index in [4.69, 9.17) is 37.2 Å². The molecular formula is C33H36Cl2N2O4. The average molecular weight is 596 g/mol. The molecule has 0 saturated heterocycles. The molecule has 0 atom stereocenters. The van der Waals surface area contributed by atoms with E-state index in [1.54, 1.807) is 0 Å². The lowest BCUT2D eigenvalue weighted by molar-refractivity contribution is -0.148. The van der Waals surface area contributed by atoms with Crippen LogP contribution >= 0.6 is 23.2 Å². The van der Waals surface area contributed by atoms with Crippen molar-refractivity contribution in [3.05, 3.63) is 74.5 Å². The lowest BCUT2D eigenvalue weighted by Gasteiger charge is -2.54. The molecule has 2 heterocycles. The van der Waals surface area contributed by atoms with Gasteiger partial charge in [-0.05, 0) is 98.6 Å². The molecule has 216 valence electrons. The van der Waals surface area contributed by atoms with Crippen LogP contribution < -0.4 is 0 Å². The van der Waals surface area contributed by atoms with E-state index in [9.17, 15) is 4.79 Å². The van der Waals surface area contributed by atoms with Gasteiger partial charge in [-0.1, -0.05) is 40.5 Å². The topological polar surface area (TPSA) is 64.8 Å². The third-order valence-electron chi connectivity index (χ3n) is 10.1. The number of aromatic nitrogens is 1. The van der Waals surface area contributed by atoms with Crippen LogP contribution in [-0.2, 0) is 29.0 Å². The molecule has 6 nitrogen and oxygen atoms in total. The maximum atomic E-state index is 12.1. The number of halogens is 2. The molecule has 8 heteroatoms. The van der Waals surface area contributed by atoms with Crippen molar-refractivity contribution in [2.24, 2.45) is 5.41 Å². The number of carbonyl (C=O) groups excluding carboxylic acids is 1. The summed E-state index contributed by atoms with van der Waals surface area (Å²) >= 11 is 13.1. The van der Waals surface area contributed by atoms with Gasteiger partial charge in [-0.25, -0.2) is 4.79 Å². The number of fused-ring (bicyclic) bond motifs is 4. The Morgan fingerprint density at radius 2 is 1.78 bits per heavy atom. The Labute approximate surface area is 251 Å². The van der Waals surface area contributed by atoms with Gasteiger partial charge >= 0.3 is 5.97 Å². The Balaban J connectivity index is 1.02. The van der Waals surface area contributed by atoms with E-state index in [2.05, 4.69) is 16.1 Å². The molecule has 5 aliphatic rings. The van der Waals surface area contributed by atoms with Gasteiger partial charge < -0.3 is 14.0 Å². The van der Waals surface area contributed by atoms with E-state index in [0.717, 1.165) is 80.7 Å². The highest BCUT2D eigenvalue weighted by Gasteiger charge is 2.50. The van der Waals surface area contributed by atoms with Crippen molar-refractivity contribution < 1.29 is 18.8 Å². The third kappa shape index (κ3) is 5.22. The first-order valence-electron chi connectivity index (χ1n) is 14.9. The first-order valence-corrected chi connectivity index (χ1v) is 15.6. The van der Waals surface area contributed by atoms with Gasteiger partial charge in [0.15, 0.2) is 0 Å². The molecule has 8 rings (SSSR count). The van der Waals surface area contributed by atoms with Crippen molar-refractivity contribution in [2.45, 2.75) is 82.5 Å². The van der Waals surface area contributed by atoms with Crippen molar-refractivity contribution in [3.63, 3.8) is 0 Å². The summed E-state index contributed by atoms with van der Waals surface area (Å²) in [4.78, 5) is 14.7. The molecule has 0 unspecified atom stereocenters. The van der Waals surface area contributed by atoms with Crippen molar-refractivity contribution in [1.29, 1.82) is 0 Å². The summed E-state index contributed by atoms with van der Waals surface area (Å²) in [7, 11) is 1.44. The molecule has 1 aromatic heterocycles. The predicted octanol–water partition coefficient (Wildman–Crippen LogP) is 7.98. The van der Waals surface area contributed by atoms with Crippen LogP contribution in [0.4, 0.5) is 0 Å². The fourth-order valence-corrected chi connectivity index (χ4v) is 8.00. The molecule has 0 spiro atoms. The van der Waals surface area contributed by atoms with E-state index in [-0.39, 0.29) is 11.6 Å². The van der Waals surface area contributed by atoms with Gasteiger partial charge in [0.1, 0.15) is 11.5 Å². The SMILES string of the molecule is COC(=O)c1ccc2c(c1)CN(CC13CCC(OCc4c(-c5c(Cl)cccc5Cl)noc4C4CC4)(CC1)CC3)CC2. The summed E-state index contributed by atoms with van der Waals surface area (Å²) in [6.45, 7) is 3.55. The Morgan fingerprint density at radius 3 is 2.46 bits per heavy atom. The molecule has 2 aromatic carbocycles. The molecule has 4 saturated carbocycles. The molecule has 4 aliphatic carbocycles. The highest BCUT2D eigenvalue weighted by atomic mass is 35.5. The first-order chi connectivity index (χ1) is 19.9. The van der Waals surface area contributed by atoms with Crippen LogP contribution in [0.2, 0.25) is 10.0 Å². The van der Waals surface area contributed by atoms with Crippen molar-refractivity contribution in [3.8, 4) is 11.3 Å². The Hall–Kier alpha value is -2.38. The van der Waals surface area contributed by atoms with Gasteiger partial charge in [-0.15, -0.1) is 0 Å². The highest BCUT2D eigenvalue weighted by Crippen LogP contribution is 2.55. The number of ether oxygens (including phenoxy) is 2. The lowest BCUT2D eigenvalue weighted by Crippen LogP contribution is -2.52. The zero-order chi connectivity index (χ0) is 28.2. The number of carbonyl (C=O) groups is 1. The van der Waals surface area contributed by atoms with E-state index >= 15 is 0 Å². The minimum Gasteiger partial charge on any atom is -0.465 e. The third-order valence-corrected chi connectivity index (χ3v) is 10.7. The molecule has 3 aromatic rings. The number of hydrogen-bond acceptors (Lipinski definition) is 6. The van der Waals surface area contributed by atoms with Crippen LogP contribution in [0.15, 0.2) is 40.9 Å². The minimum absolute atomic E-state index is 0.0920. The van der Waals surface area contributed by atoms with E-state index in [0.29, 0.717) is 33.5 Å². The Bertz CT molecular complexity index is 1440. The second-order valence-corrected chi connectivity index (χ2v) is 13.5. The summed E-state index contributed by atoms with van der Waals surface area (Å²) in [5, 5.41) is 5.60. The highest BCUT2D eigenvalue weighted by molar-refractivity contribution is 6.39. The fourth-order valence-electron chi connectivity index (χ4n) is 7.43. The summed E-state index contributed by atoms with van der Waals surface area (Å²) in [5.41, 5.74) is 5.97. The Morgan fingerprint density at radius 1 is 1.05 bits per heavy atom. The van der Waals surface area contributed by atoms with Crippen LogP contribution in [-0.4, -0.2) is 41.8 Å². The van der Waals surface area contributed by atoms with E-state index < -0.39 is 0 Å². The number of esters is 1. The summed E-state index contributed by atoms with van der Waals surface area (Å²) in [6.07, 6.45) is 10.1. The zero-order valence-electron chi connectivity index (χ0n) is 23.5. The van der Waals surface area contributed by atoms with E-state index in [1.165, 1.54) is 37.5 Å². The van der Waals surface area contributed by atoms with Gasteiger partial charge in [0.2, 0.25) is 0 Å². The van der Waals surface area contributed by atoms with Crippen LogP contribution in [0.5, 0.6) is 0 Å². The van der Waals surface area contributed by atoms with Crippen molar-refractivity contribution in [1.82, 2.24) is 10.1 Å². The van der Waals surface area contributed by atoms with E-state index in [1.807, 2.05) is 30.3 Å². The first kappa shape index (κ1) is 27.5. The van der Waals surface area contributed by atoms with Gasteiger partial charge in [-0.3, -0.25) is 4.90 Å². The number of methoxy groups -OCH3 is 1. The van der Waals surface area contributed by atoms with Crippen LogP contribution in [0.25, 0.3) is 11.3 Å². The molecule has 41 heavy (non-hydrogen) atoms. The van der Waals surface area contributed by atoms with Gasteiger partial charge in [0, 0.05) is 36.7 Å². The summed E-state index contributed by atoms with van der Waals surface area (Å²) in [5.74, 6) is 1.09. The second kappa shape index (κ2) is 10.7. The van der Waals surface area contributed by atoms with Crippen molar-refractivity contribution in [2.75, 3.05) is 20.2 Å². The molecule has 1 aliphatic heterocycles. The summed E-state index contributed by atoms with van der Waals surface area (Å²) < 4.78 is 17.7. The van der Waals surface area contributed by atoms with Gasteiger partial charge in [-0.2, -0.15) is 0 Å². The minimum atomic E-state index is -0.267. The number of hydrogen-bond donors (Lipinski definition) is 0. The molecule has 4 fully saturated rings. The summed E-state index contributed by atoms with van der Waals surface area (Å²) in [6, 6.07) is 11.6. The molecule has 0 amide bonds. The quantitative estimate of drug-likeness (QED) is 0.246. The zero-order valence-corrected chi connectivity index (χ0v) is 25.0. The lowest BCUT2D eigenvalue weighted by atomic mass is 9.58. The van der Waals surface area contributed by atoms with Crippen LogP contribution in [0.3, 0.4) is 0 Å². The van der Waals surface area contributed by atoms with Gasteiger partial charge in [0.05, 0.1) is 34.9 Å². The number of benzene rings is 2. The maximum absolute atomic E-state index is 12.1. The predicted molar refractivity (Wildman–Crippen MR) is 158 cm³/mol. The van der Waals surface area contributed by atoms with Crippen LogP contribution in [0, 0.1) is 5.41 Å². The number of rotatable bonds is 8. The largest absolute Gasteiger partial charge is 0.465 e. The fraction of sp³-hybridized carbons (Fsp3) is 0.515. The van der Waals surface area contributed by atoms with Crippen LogP contribution in [0.1, 0.15) is 90.1 Å². The average Bonchev–Trinajstić information content (AvgIpc) is 3.76. The molecular weight excluding hydrogens is 559 g/mol. The monoisotopic (exact) mass is 594 g/mol. The second-order valence-electron chi connectivity index (χ2n) is 12.7. The maximum Gasteiger partial charge on any atom is 0.337 e. The normalized spacial score (nSPS) is 25.7. The standard InChI is InChI=1S/C33H36Cl2N2O4/c1-39-31(38)23-8-5-21-9-16-37(18-24(21)17-23)20-32-10-13-33(14-11-32,15-12-32)40-19-25-29(36-41-30(25)22-6-7-22)28-26(34)3-2-4-27(28)35/h2-5,8,17,22H,6-7,9-16,18-20H2,1H3. The molecule has 0 N–H and O–H groups in total. The molecule has 0 radical (unpaired) electrons. The Kier molecular flexibility index (Phi) is 7.17. The van der Waals surface area contributed by atoms with Crippen molar-refractivity contribution >= 4 is 29.2 Å².